The van der Waals surface area contributed by atoms with Gasteiger partial charge in [0.25, 0.3) is 0 Å². The van der Waals surface area contributed by atoms with Crippen molar-refractivity contribution in [3.63, 3.8) is 0 Å². The molecular formula is C12H18N4O2. The first-order valence-corrected chi connectivity index (χ1v) is 5.61. The second kappa shape index (κ2) is 6.61. The summed E-state index contributed by atoms with van der Waals surface area (Å²) in [5.41, 5.74) is 11.7. The van der Waals surface area contributed by atoms with Crippen LogP contribution in [0.1, 0.15) is 24.9 Å². The number of hydrogen-bond acceptors (Lipinski definition) is 4. The van der Waals surface area contributed by atoms with Crippen LogP contribution in [0.4, 0.5) is 0 Å². The molecule has 0 fully saturated rings. The monoisotopic (exact) mass is 250 g/mol. The summed E-state index contributed by atoms with van der Waals surface area (Å²) >= 11 is 0. The maximum Gasteiger partial charge on any atom is 0.234 e. The predicted molar refractivity (Wildman–Crippen MR) is 69.0 cm³/mol. The minimum atomic E-state index is -0.498. The number of amides is 1. The number of nitrogens with zero attached hydrogens (tertiary/aromatic N) is 1. The Hall–Kier alpha value is -2.08. The third-order valence-corrected chi connectivity index (χ3v) is 2.62. The molecule has 1 aromatic rings. The van der Waals surface area contributed by atoms with Crippen molar-refractivity contribution < 1.29 is 10.0 Å². The van der Waals surface area contributed by atoms with Crippen molar-refractivity contribution in [2.75, 3.05) is 0 Å². The second-order valence-electron chi connectivity index (χ2n) is 4.05. The maximum atomic E-state index is 11.1. The topological polar surface area (TPSA) is 114 Å². The summed E-state index contributed by atoms with van der Waals surface area (Å²) in [6, 6.07) is 8.72. The molecule has 2 atom stereocenters. The van der Waals surface area contributed by atoms with Gasteiger partial charge in [0, 0.05) is 12.5 Å². The third-order valence-electron chi connectivity index (χ3n) is 2.62. The van der Waals surface area contributed by atoms with Crippen molar-refractivity contribution in [3.05, 3.63) is 35.9 Å². The lowest BCUT2D eigenvalue weighted by atomic mass is 10.0. The van der Waals surface area contributed by atoms with E-state index in [1.165, 1.54) is 0 Å². The van der Waals surface area contributed by atoms with Crippen molar-refractivity contribution >= 4 is 11.7 Å². The Morgan fingerprint density at radius 2 is 2.00 bits per heavy atom. The summed E-state index contributed by atoms with van der Waals surface area (Å²) < 4.78 is 0. The largest absolute Gasteiger partial charge is 0.409 e. The van der Waals surface area contributed by atoms with Crippen LogP contribution in [0.5, 0.6) is 0 Å². The van der Waals surface area contributed by atoms with Crippen LogP contribution >= 0.6 is 0 Å². The molecule has 0 aromatic heterocycles. The molecule has 0 aliphatic heterocycles. The minimum Gasteiger partial charge on any atom is -0.409 e. The lowest BCUT2D eigenvalue weighted by Gasteiger charge is -2.21. The van der Waals surface area contributed by atoms with Crippen LogP contribution < -0.4 is 16.8 Å². The van der Waals surface area contributed by atoms with Crippen LogP contribution in [0, 0.1) is 0 Å². The molecule has 6 nitrogen and oxygen atoms in total. The van der Waals surface area contributed by atoms with Gasteiger partial charge in [-0.1, -0.05) is 35.5 Å². The van der Waals surface area contributed by atoms with Crippen LogP contribution in [0.15, 0.2) is 35.5 Å². The molecule has 1 aromatic carbocycles. The van der Waals surface area contributed by atoms with E-state index in [4.69, 9.17) is 16.7 Å². The molecule has 1 rings (SSSR count). The molecule has 6 N–H and O–H groups in total. The second-order valence-corrected chi connectivity index (χ2v) is 4.05. The number of amidine groups is 1. The van der Waals surface area contributed by atoms with Gasteiger partial charge >= 0.3 is 0 Å². The fourth-order valence-electron chi connectivity index (χ4n) is 1.59. The van der Waals surface area contributed by atoms with Crippen molar-refractivity contribution in [3.8, 4) is 0 Å². The summed E-state index contributed by atoms with van der Waals surface area (Å²) in [4.78, 5) is 11.1. The summed E-state index contributed by atoms with van der Waals surface area (Å²) in [7, 11) is 0. The predicted octanol–water partition coefficient (Wildman–Crippen LogP) is 0.328. The number of nitrogens with one attached hydrogen (secondary N) is 1. The number of rotatable bonds is 6. The van der Waals surface area contributed by atoms with Gasteiger partial charge in [0.05, 0.1) is 6.04 Å². The molecule has 0 saturated heterocycles. The zero-order valence-electron chi connectivity index (χ0n) is 10.2. The Kier molecular flexibility index (Phi) is 5.13. The average Bonchev–Trinajstić information content (AvgIpc) is 2.38. The van der Waals surface area contributed by atoms with E-state index < -0.39 is 11.9 Å². The lowest BCUT2D eigenvalue weighted by molar-refractivity contribution is -0.119. The summed E-state index contributed by atoms with van der Waals surface area (Å²) in [6.45, 7) is 1.67. The number of carbonyl (C=O) groups is 1. The van der Waals surface area contributed by atoms with E-state index >= 15 is 0 Å². The molecule has 6 heteroatoms. The molecule has 0 spiro atoms. The lowest BCUT2D eigenvalue weighted by Crippen LogP contribution is -2.41. The van der Waals surface area contributed by atoms with Crippen molar-refractivity contribution in [1.82, 2.24) is 5.32 Å². The van der Waals surface area contributed by atoms with Crippen molar-refractivity contribution in [2.45, 2.75) is 25.4 Å². The highest BCUT2D eigenvalue weighted by molar-refractivity contribution is 5.81. The summed E-state index contributed by atoms with van der Waals surface area (Å²) in [6.07, 6.45) is 0.290. The first kappa shape index (κ1) is 14.0. The van der Waals surface area contributed by atoms with Crippen LogP contribution in [0.2, 0.25) is 0 Å². The Labute approximate surface area is 106 Å². The van der Waals surface area contributed by atoms with Gasteiger partial charge in [-0.15, -0.1) is 0 Å². The fraction of sp³-hybridized carbons (Fsp3) is 0.333. The highest BCUT2D eigenvalue weighted by atomic mass is 16.4. The van der Waals surface area contributed by atoms with Gasteiger partial charge in [0.1, 0.15) is 5.84 Å². The van der Waals surface area contributed by atoms with Crippen LogP contribution in [0.25, 0.3) is 0 Å². The van der Waals surface area contributed by atoms with Gasteiger partial charge in [0.15, 0.2) is 0 Å². The number of oxime groups is 1. The zero-order valence-corrected chi connectivity index (χ0v) is 10.2. The normalized spacial score (nSPS) is 15.1. The van der Waals surface area contributed by atoms with E-state index in [2.05, 4.69) is 10.5 Å². The molecule has 2 unspecified atom stereocenters. The molecule has 18 heavy (non-hydrogen) atoms. The molecular weight excluding hydrogens is 232 g/mol. The third kappa shape index (κ3) is 4.06. The zero-order chi connectivity index (χ0) is 13.5. The van der Waals surface area contributed by atoms with Crippen LogP contribution in [0.3, 0.4) is 0 Å². The number of carbonyl (C=O) groups excluding carboxylic acids is 1. The molecule has 98 valence electrons. The summed E-state index contributed by atoms with van der Waals surface area (Å²) in [5.74, 6) is -0.358. The fourth-order valence-corrected chi connectivity index (χ4v) is 1.59. The van der Waals surface area contributed by atoms with E-state index in [1.54, 1.807) is 6.92 Å². The first-order valence-electron chi connectivity index (χ1n) is 5.61. The van der Waals surface area contributed by atoms with E-state index in [1.807, 2.05) is 30.3 Å². The Morgan fingerprint density at radius 1 is 1.39 bits per heavy atom. The maximum absolute atomic E-state index is 11.1. The molecule has 0 aliphatic rings. The Bertz CT molecular complexity index is 419. The Balaban J connectivity index is 2.85. The van der Waals surface area contributed by atoms with E-state index in [-0.39, 0.29) is 18.3 Å². The van der Waals surface area contributed by atoms with Gasteiger partial charge < -0.3 is 16.7 Å². The SMILES string of the molecule is CC(NC(CC(N)=NO)c1ccccc1)C(N)=O. The number of hydrogen-bond donors (Lipinski definition) is 4. The van der Waals surface area contributed by atoms with Gasteiger partial charge in [-0.05, 0) is 12.5 Å². The molecule has 1 amide bonds. The number of nitrogens with two attached hydrogens (primary N) is 2. The standard InChI is InChI=1S/C12H18N4O2/c1-8(12(14)17)15-10(7-11(13)16-18)9-5-3-2-4-6-9/h2-6,8,10,15,18H,7H2,1H3,(H2,13,16)(H2,14,17). The van der Waals surface area contributed by atoms with Gasteiger partial charge in [-0.3, -0.25) is 10.1 Å². The summed E-state index contributed by atoms with van der Waals surface area (Å²) in [5, 5.41) is 14.6. The van der Waals surface area contributed by atoms with Gasteiger partial charge in [-0.25, -0.2) is 0 Å². The van der Waals surface area contributed by atoms with E-state index in [0.717, 1.165) is 5.56 Å². The van der Waals surface area contributed by atoms with Gasteiger partial charge in [0.2, 0.25) is 5.91 Å². The Morgan fingerprint density at radius 3 is 2.50 bits per heavy atom. The van der Waals surface area contributed by atoms with Gasteiger partial charge in [-0.2, -0.15) is 0 Å². The molecule has 0 radical (unpaired) electrons. The van der Waals surface area contributed by atoms with Crippen LogP contribution in [-0.2, 0) is 4.79 Å². The first-order chi connectivity index (χ1) is 8.54. The number of benzene rings is 1. The molecule has 0 heterocycles. The average molecular weight is 250 g/mol. The van der Waals surface area contributed by atoms with E-state index in [0.29, 0.717) is 0 Å². The highest BCUT2D eigenvalue weighted by Crippen LogP contribution is 2.17. The van der Waals surface area contributed by atoms with E-state index in [9.17, 15) is 4.79 Å². The molecule has 0 bridgehead atoms. The smallest absolute Gasteiger partial charge is 0.234 e. The molecule has 0 saturated carbocycles. The van der Waals surface area contributed by atoms with Crippen molar-refractivity contribution in [1.29, 1.82) is 0 Å². The van der Waals surface area contributed by atoms with Crippen molar-refractivity contribution in [2.24, 2.45) is 16.6 Å². The minimum absolute atomic E-state index is 0.0908. The number of primary amides is 1. The highest BCUT2D eigenvalue weighted by Gasteiger charge is 2.18. The quantitative estimate of drug-likeness (QED) is 0.252. The molecule has 0 aliphatic carbocycles. The van der Waals surface area contributed by atoms with Crippen LogP contribution in [-0.4, -0.2) is 23.0 Å².